The summed E-state index contributed by atoms with van der Waals surface area (Å²) in [5.41, 5.74) is 2.71. The van der Waals surface area contributed by atoms with Crippen LogP contribution in [0.4, 0.5) is 0 Å². The average Bonchev–Trinajstić information content (AvgIpc) is 2.79. The molecule has 2 aliphatic heterocycles. The fraction of sp³-hybridized carbons (Fsp3) is 0.708. The first-order chi connectivity index (χ1) is 14.7. The Morgan fingerprint density at radius 1 is 0.900 bits per heavy atom. The van der Waals surface area contributed by atoms with Crippen molar-refractivity contribution in [3.8, 4) is 0 Å². The van der Waals surface area contributed by atoms with Crippen molar-refractivity contribution in [2.45, 2.75) is 52.2 Å². The number of nitrogens with one attached hydrogen (secondary N) is 2. The highest BCUT2D eigenvalue weighted by molar-refractivity contribution is 5.79. The fourth-order valence-corrected chi connectivity index (χ4v) is 4.48. The van der Waals surface area contributed by atoms with Crippen molar-refractivity contribution in [1.82, 2.24) is 25.3 Å². The summed E-state index contributed by atoms with van der Waals surface area (Å²) in [5, 5.41) is 7.10. The van der Waals surface area contributed by atoms with E-state index in [4.69, 9.17) is 0 Å². The van der Waals surface area contributed by atoms with Gasteiger partial charge in [0.25, 0.3) is 0 Å². The van der Waals surface area contributed by atoms with Crippen molar-refractivity contribution in [1.29, 1.82) is 0 Å². The van der Waals surface area contributed by atoms with E-state index in [9.17, 15) is 0 Å². The zero-order valence-electron chi connectivity index (χ0n) is 19.4. The molecule has 0 aromatic heterocycles. The molecule has 168 valence electrons. The minimum absolute atomic E-state index is 0.528. The molecule has 2 saturated heterocycles. The van der Waals surface area contributed by atoms with Crippen molar-refractivity contribution >= 4 is 5.96 Å². The Kier molecular flexibility index (Phi) is 9.43. The van der Waals surface area contributed by atoms with Gasteiger partial charge >= 0.3 is 0 Å². The van der Waals surface area contributed by atoms with Gasteiger partial charge in [0.05, 0.1) is 0 Å². The summed E-state index contributed by atoms with van der Waals surface area (Å²) in [6.07, 6.45) is 3.64. The number of hydrogen-bond donors (Lipinski definition) is 2. The van der Waals surface area contributed by atoms with Gasteiger partial charge < -0.3 is 20.4 Å². The van der Waals surface area contributed by atoms with Crippen molar-refractivity contribution in [2.75, 3.05) is 59.4 Å². The smallest absolute Gasteiger partial charge is 0.191 e. The highest BCUT2D eigenvalue weighted by Gasteiger charge is 2.19. The molecule has 2 N–H and O–H groups in total. The van der Waals surface area contributed by atoms with Gasteiger partial charge in [-0.15, -0.1) is 0 Å². The summed E-state index contributed by atoms with van der Waals surface area (Å²) in [4.78, 5) is 12.1. The van der Waals surface area contributed by atoms with E-state index in [1.54, 1.807) is 0 Å². The largest absolute Gasteiger partial charge is 0.354 e. The van der Waals surface area contributed by atoms with Crippen LogP contribution in [0.15, 0.2) is 29.3 Å². The normalized spacial score (nSPS) is 20.4. The molecular weight excluding hydrogens is 372 g/mol. The first-order valence-corrected chi connectivity index (χ1v) is 11.9. The molecule has 2 fully saturated rings. The predicted molar refractivity (Wildman–Crippen MR) is 127 cm³/mol. The Morgan fingerprint density at radius 3 is 2.13 bits per heavy atom. The second-order valence-electron chi connectivity index (χ2n) is 8.71. The lowest BCUT2D eigenvalue weighted by Gasteiger charge is -2.34. The van der Waals surface area contributed by atoms with Gasteiger partial charge in [0.2, 0.25) is 0 Å². The summed E-state index contributed by atoms with van der Waals surface area (Å²) in [7, 11) is 1.86. The van der Waals surface area contributed by atoms with Gasteiger partial charge in [0.1, 0.15) is 0 Å². The zero-order chi connectivity index (χ0) is 21.2. The topological polar surface area (TPSA) is 46.1 Å². The summed E-state index contributed by atoms with van der Waals surface area (Å²) in [6.45, 7) is 15.9. The second-order valence-corrected chi connectivity index (χ2v) is 8.71. The Labute approximate surface area is 183 Å². The van der Waals surface area contributed by atoms with E-state index in [0.717, 1.165) is 19.0 Å². The summed E-state index contributed by atoms with van der Waals surface area (Å²) in [6, 6.07) is 9.59. The van der Waals surface area contributed by atoms with Crippen LogP contribution in [0, 0.1) is 0 Å². The van der Waals surface area contributed by atoms with E-state index in [2.05, 4.69) is 68.4 Å². The molecule has 0 amide bonds. The molecule has 2 heterocycles. The number of rotatable bonds is 8. The highest BCUT2D eigenvalue weighted by atomic mass is 15.3. The van der Waals surface area contributed by atoms with Crippen LogP contribution in [0.3, 0.4) is 0 Å². The Hall–Kier alpha value is -1.63. The predicted octanol–water partition coefficient (Wildman–Crippen LogP) is 2.36. The lowest BCUT2D eigenvalue weighted by Crippen LogP contribution is -2.48. The monoisotopic (exact) mass is 414 g/mol. The third-order valence-electron chi connectivity index (χ3n) is 6.49. The number of benzene rings is 1. The molecule has 3 rings (SSSR count). The zero-order valence-corrected chi connectivity index (χ0v) is 19.4. The molecule has 0 unspecified atom stereocenters. The van der Waals surface area contributed by atoms with Crippen molar-refractivity contribution in [3.05, 3.63) is 35.4 Å². The van der Waals surface area contributed by atoms with E-state index in [1.807, 2.05) is 7.05 Å². The number of hydrogen-bond acceptors (Lipinski definition) is 4. The number of likely N-dealkylation sites (tertiary alicyclic amines) is 1. The number of guanidine groups is 1. The van der Waals surface area contributed by atoms with Crippen LogP contribution in [0.1, 0.15) is 44.2 Å². The maximum Gasteiger partial charge on any atom is 0.191 e. The molecule has 6 nitrogen and oxygen atoms in total. The van der Waals surface area contributed by atoms with E-state index < -0.39 is 0 Å². The first-order valence-electron chi connectivity index (χ1n) is 11.9. The minimum Gasteiger partial charge on any atom is -0.354 e. The van der Waals surface area contributed by atoms with Crippen LogP contribution in [0.25, 0.3) is 0 Å². The molecule has 6 heteroatoms. The summed E-state index contributed by atoms with van der Waals surface area (Å²) >= 11 is 0. The van der Waals surface area contributed by atoms with Gasteiger partial charge in [-0.2, -0.15) is 0 Å². The van der Waals surface area contributed by atoms with Crippen LogP contribution in [-0.2, 0) is 13.1 Å². The number of nitrogens with zero attached hydrogens (tertiary/aromatic N) is 4. The van der Waals surface area contributed by atoms with Crippen LogP contribution in [0.2, 0.25) is 0 Å². The number of piperidine rings is 1. The third-order valence-corrected chi connectivity index (χ3v) is 6.49. The van der Waals surface area contributed by atoms with Gasteiger partial charge in [-0.05, 0) is 43.5 Å². The van der Waals surface area contributed by atoms with Crippen LogP contribution in [-0.4, -0.2) is 86.1 Å². The molecule has 1 aromatic carbocycles. The maximum atomic E-state index is 4.43. The molecule has 0 spiro atoms. The summed E-state index contributed by atoms with van der Waals surface area (Å²) < 4.78 is 0. The van der Waals surface area contributed by atoms with E-state index in [-0.39, 0.29) is 0 Å². The maximum absolute atomic E-state index is 4.43. The molecule has 0 atom stereocenters. The second kappa shape index (κ2) is 12.3. The van der Waals surface area contributed by atoms with Crippen LogP contribution in [0.5, 0.6) is 0 Å². The van der Waals surface area contributed by atoms with Crippen LogP contribution < -0.4 is 10.6 Å². The molecule has 0 saturated carbocycles. The molecule has 2 aliphatic rings. The molecule has 30 heavy (non-hydrogen) atoms. The van der Waals surface area contributed by atoms with Gasteiger partial charge in [0.15, 0.2) is 5.96 Å². The van der Waals surface area contributed by atoms with Crippen molar-refractivity contribution in [3.63, 3.8) is 0 Å². The first kappa shape index (κ1) is 23.0. The third kappa shape index (κ3) is 7.25. The summed E-state index contributed by atoms with van der Waals surface area (Å²) in [5.74, 6) is 0.918. The Balaban J connectivity index is 1.38. The molecular formula is C24H42N6. The molecule has 0 bridgehead atoms. The number of likely N-dealkylation sites (N-methyl/N-ethyl adjacent to an activating group) is 1. The quantitative estimate of drug-likeness (QED) is 0.505. The van der Waals surface area contributed by atoms with Gasteiger partial charge in [-0.25, -0.2) is 0 Å². The minimum atomic E-state index is 0.528. The van der Waals surface area contributed by atoms with E-state index >= 15 is 0 Å². The molecule has 1 aromatic rings. The lowest BCUT2D eigenvalue weighted by atomic mass is 10.1. The van der Waals surface area contributed by atoms with Gasteiger partial charge in [0, 0.05) is 65.4 Å². The lowest BCUT2D eigenvalue weighted by molar-refractivity contribution is 0.132. The Morgan fingerprint density at radius 2 is 1.53 bits per heavy atom. The Bertz CT molecular complexity index is 628. The van der Waals surface area contributed by atoms with Gasteiger partial charge in [-0.3, -0.25) is 9.89 Å². The SMILES string of the molecule is CCCN1CCC(NC(=NC)NCc2ccc(CN3CCN(CC)CC3)cc2)CC1. The molecule has 0 aliphatic carbocycles. The average molecular weight is 415 g/mol. The fourth-order valence-electron chi connectivity index (χ4n) is 4.48. The standard InChI is InChI=1S/C24H42N6/c1-4-12-29-13-10-23(11-14-29)27-24(25-3)26-19-21-6-8-22(9-7-21)20-30-17-15-28(5-2)16-18-30/h6-9,23H,4-5,10-20H2,1-3H3,(H2,25,26,27). The van der Waals surface area contributed by atoms with Crippen molar-refractivity contribution in [2.24, 2.45) is 4.99 Å². The van der Waals surface area contributed by atoms with Gasteiger partial charge in [-0.1, -0.05) is 38.1 Å². The van der Waals surface area contributed by atoms with E-state index in [0.29, 0.717) is 6.04 Å². The highest BCUT2D eigenvalue weighted by Crippen LogP contribution is 2.12. The van der Waals surface area contributed by atoms with E-state index in [1.165, 1.54) is 82.7 Å². The number of piperazine rings is 1. The van der Waals surface area contributed by atoms with Crippen LogP contribution >= 0.6 is 0 Å². The molecule has 0 radical (unpaired) electrons. The number of aliphatic imine (C=N–C) groups is 1. The van der Waals surface area contributed by atoms with Crippen molar-refractivity contribution < 1.29 is 0 Å².